The van der Waals surface area contributed by atoms with E-state index in [-0.39, 0.29) is 5.91 Å². The first-order chi connectivity index (χ1) is 7.24. The quantitative estimate of drug-likeness (QED) is 0.832. The molecule has 1 aliphatic heterocycles. The summed E-state index contributed by atoms with van der Waals surface area (Å²) >= 11 is 1.61. The molecule has 0 saturated heterocycles. The van der Waals surface area contributed by atoms with Crippen molar-refractivity contribution in [3.63, 3.8) is 0 Å². The molecule has 3 nitrogen and oxygen atoms in total. The van der Waals surface area contributed by atoms with Crippen LogP contribution in [0.2, 0.25) is 0 Å². The van der Waals surface area contributed by atoms with E-state index >= 15 is 0 Å². The van der Waals surface area contributed by atoms with Crippen molar-refractivity contribution in [2.75, 3.05) is 11.9 Å². The molecule has 80 valence electrons. The zero-order valence-corrected chi connectivity index (χ0v) is 9.67. The number of anilines is 1. The molecule has 2 heterocycles. The number of hydrogen-bond acceptors (Lipinski definition) is 3. The maximum Gasteiger partial charge on any atom is 0.254 e. The van der Waals surface area contributed by atoms with Gasteiger partial charge in [0, 0.05) is 19.3 Å². The van der Waals surface area contributed by atoms with E-state index in [1.54, 1.807) is 18.4 Å². The van der Waals surface area contributed by atoms with Crippen molar-refractivity contribution in [1.29, 1.82) is 0 Å². The van der Waals surface area contributed by atoms with Gasteiger partial charge in [0.25, 0.3) is 5.91 Å². The zero-order valence-electron chi connectivity index (χ0n) is 8.86. The van der Waals surface area contributed by atoms with Crippen LogP contribution in [0, 0.1) is 0 Å². The average Bonchev–Trinajstić information content (AvgIpc) is 2.84. The minimum absolute atomic E-state index is 0.0150. The summed E-state index contributed by atoms with van der Waals surface area (Å²) in [6, 6.07) is 2.32. The second kappa shape index (κ2) is 4.06. The summed E-state index contributed by atoms with van der Waals surface area (Å²) in [6.07, 6.45) is 5.24. The number of nitrogens with one attached hydrogen (secondary N) is 1. The molecule has 1 amide bonds. The van der Waals surface area contributed by atoms with Crippen LogP contribution in [-0.2, 0) is 0 Å². The molecule has 2 rings (SSSR count). The molecule has 15 heavy (non-hydrogen) atoms. The second-order valence-electron chi connectivity index (χ2n) is 3.60. The van der Waals surface area contributed by atoms with Crippen molar-refractivity contribution in [3.8, 4) is 0 Å². The van der Waals surface area contributed by atoms with Gasteiger partial charge in [0.1, 0.15) is 5.00 Å². The van der Waals surface area contributed by atoms with E-state index < -0.39 is 0 Å². The molecule has 0 fully saturated rings. The Morgan fingerprint density at radius 3 is 3.07 bits per heavy atom. The minimum atomic E-state index is -0.0150. The lowest BCUT2D eigenvalue weighted by Crippen LogP contribution is -2.25. The maximum atomic E-state index is 11.6. The van der Waals surface area contributed by atoms with E-state index in [4.69, 9.17) is 0 Å². The monoisotopic (exact) mass is 222 g/mol. The van der Waals surface area contributed by atoms with Gasteiger partial charge in [0.15, 0.2) is 0 Å². The van der Waals surface area contributed by atoms with E-state index in [1.807, 2.05) is 11.4 Å². The molecular weight excluding hydrogens is 208 g/mol. The van der Waals surface area contributed by atoms with Gasteiger partial charge in [-0.05, 0) is 24.8 Å². The smallest absolute Gasteiger partial charge is 0.254 e. The molecule has 0 spiro atoms. The van der Waals surface area contributed by atoms with E-state index in [2.05, 4.69) is 29.4 Å². The Hall–Kier alpha value is -1.29. The van der Waals surface area contributed by atoms with Crippen LogP contribution in [0.25, 0.3) is 0 Å². The van der Waals surface area contributed by atoms with Crippen molar-refractivity contribution in [3.05, 3.63) is 29.3 Å². The molecule has 4 heteroatoms. The summed E-state index contributed by atoms with van der Waals surface area (Å²) in [5.41, 5.74) is 0.765. The molecule has 0 radical (unpaired) electrons. The molecule has 0 aromatic carbocycles. The number of rotatable bonds is 2. The lowest BCUT2D eigenvalue weighted by molar-refractivity contribution is 0.0964. The molecule has 1 N–H and O–H groups in total. The Kier molecular flexibility index (Phi) is 2.77. The van der Waals surface area contributed by atoms with Crippen molar-refractivity contribution in [2.45, 2.75) is 19.4 Å². The van der Waals surface area contributed by atoms with Gasteiger partial charge < -0.3 is 10.2 Å². The van der Waals surface area contributed by atoms with Crippen LogP contribution in [-0.4, -0.2) is 19.0 Å². The first-order valence-electron chi connectivity index (χ1n) is 4.98. The van der Waals surface area contributed by atoms with Gasteiger partial charge >= 0.3 is 0 Å². The first-order valence-corrected chi connectivity index (χ1v) is 5.86. The van der Waals surface area contributed by atoms with Crippen molar-refractivity contribution >= 4 is 22.2 Å². The van der Waals surface area contributed by atoms with Gasteiger partial charge in [-0.2, -0.15) is 0 Å². The Morgan fingerprint density at radius 1 is 1.67 bits per heavy atom. The molecule has 0 bridgehead atoms. The number of carbonyl (C=O) groups excluding carboxylic acids is 1. The molecule has 1 unspecified atom stereocenters. The Bertz CT molecular complexity index is 397. The highest BCUT2D eigenvalue weighted by Gasteiger charge is 2.22. The first kappa shape index (κ1) is 10.2. The highest BCUT2D eigenvalue weighted by Crippen LogP contribution is 2.32. The van der Waals surface area contributed by atoms with Gasteiger partial charge in [0.2, 0.25) is 0 Å². The maximum absolute atomic E-state index is 11.6. The van der Waals surface area contributed by atoms with Crippen molar-refractivity contribution < 1.29 is 4.79 Å². The fraction of sp³-hybridized carbons (Fsp3) is 0.364. The molecule has 0 aliphatic carbocycles. The number of carbonyl (C=O) groups is 1. The Balaban J connectivity index is 2.32. The summed E-state index contributed by atoms with van der Waals surface area (Å²) in [5.74, 6) is -0.0150. The highest BCUT2D eigenvalue weighted by atomic mass is 32.1. The van der Waals surface area contributed by atoms with E-state index in [0.29, 0.717) is 6.04 Å². The fourth-order valence-corrected chi connectivity index (χ4v) is 2.69. The Labute approximate surface area is 93.4 Å². The van der Waals surface area contributed by atoms with Crippen LogP contribution in [0.3, 0.4) is 0 Å². The standard InChI is InChI=1S/C11H14N2OS/c1-8-4-3-6-13(8)11-9(5-7-15-11)10(14)12-2/h3,5-8H,4H2,1-2H3,(H,12,14). The van der Waals surface area contributed by atoms with Crippen LogP contribution in [0.1, 0.15) is 23.7 Å². The summed E-state index contributed by atoms with van der Waals surface area (Å²) in [7, 11) is 1.66. The van der Waals surface area contributed by atoms with Gasteiger partial charge in [0.05, 0.1) is 5.56 Å². The van der Waals surface area contributed by atoms with Crippen LogP contribution >= 0.6 is 11.3 Å². The molecule has 1 aromatic heterocycles. The predicted molar refractivity (Wildman–Crippen MR) is 63.4 cm³/mol. The topological polar surface area (TPSA) is 32.3 Å². The number of amides is 1. The molecule has 1 atom stereocenters. The number of thiophene rings is 1. The van der Waals surface area contributed by atoms with Gasteiger partial charge in [-0.1, -0.05) is 6.08 Å². The summed E-state index contributed by atoms with van der Waals surface area (Å²) in [5, 5.41) is 5.66. The van der Waals surface area contributed by atoms with Crippen LogP contribution in [0.4, 0.5) is 5.00 Å². The predicted octanol–water partition coefficient (Wildman–Crippen LogP) is 2.22. The van der Waals surface area contributed by atoms with Crippen LogP contribution < -0.4 is 10.2 Å². The van der Waals surface area contributed by atoms with Crippen LogP contribution in [0.15, 0.2) is 23.7 Å². The summed E-state index contributed by atoms with van der Waals surface area (Å²) < 4.78 is 0. The van der Waals surface area contributed by atoms with Gasteiger partial charge in [-0.3, -0.25) is 4.79 Å². The molecular formula is C11H14N2OS. The minimum Gasteiger partial charge on any atom is -0.355 e. The molecule has 0 saturated carbocycles. The number of hydrogen-bond donors (Lipinski definition) is 1. The second-order valence-corrected chi connectivity index (χ2v) is 4.49. The average molecular weight is 222 g/mol. The van der Waals surface area contributed by atoms with Gasteiger partial charge in [-0.15, -0.1) is 11.3 Å². The van der Waals surface area contributed by atoms with Crippen molar-refractivity contribution in [1.82, 2.24) is 5.32 Å². The SMILES string of the molecule is CNC(=O)c1ccsc1N1C=CCC1C. The lowest BCUT2D eigenvalue weighted by Gasteiger charge is -2.21. The lowest BCUT2D eigenvalue weighted by atomic mass is 10.2. The van der Waals surface area contributed by atoms with Crippen molar-refractivity contribution in [2.24, 2.45) is 0 Å². The number of nitrogens with zero attached hydrogens (tertiary/aromatic N) is 1. The highest BCUT2D eigenvalue weighted by molar-refractivity contribution is 7.14. The zero-order chi connectivity index (χ0) is 10.8. The normalized spacial score (nSPS) is 19.6. The van der Waals surface area contributed by atoms with E-state index in [9.17, 15) is 4.79 Å². The third-order valence-electron chi connectivity index (χ3n) is 2.57. The largest absolute Gasteiger partial charge is 0.355 e. The molecule has 1 aliphatic rings. The van der Waals surface area contributed by atoms with E-state index in [1.165, 1.54) is 0 Å². The third-order valence-corrected chi connectivity index (χ3v) is 3.50. The van der Waals surface area contributed by atoms with Gasteiger partial charge in [-0.25, -0.2) is 0 Å². The Morgan fingerprint density at radius 2 is 2.47 bits per heavy atom. The molecule has 1 aromatic rings. The fourth-order valence-electron chi connectivity index (χ4n) is 1.71. The third kappa shape index (κ3) is 1.77. The summed E-state index contributed by atoms with van der Waals surface area (Å²) in [6.45, 7) is 2.16. The van der Waals surface area contributed by atoms with E-state index in [0.717, 1.165) is 17.0 Å². The summed E-state index contributed by atoms with van der Waals surface area (Å²) in [4.78, 5) is 13.8. The van der Waals surface area contributed by atoms with Crippen LogP contribution in [0.5, 0.6) is 0 Å².